The largest absolute Gasteiger partial charge is 0.398 e. The molecule has 6 heteroatoms. The van der Waals surface area contributed by atoms with Crippen LogP contribution >= 0.6 is 0 Å². The zero-order chi connectivity index (χ0) is 15.6. The van der Waals surface area contributed by atoms with Crippen molar-refractivity contribution in [2.24, 2.45) is 5.92 Å². The van der Waals surface area contributed by atoms with E-state index >= 15 is 0 Å². The van der Waals surface area contributed by atoms with Gasteiger partial charge >= 0.3 is 0 Å². The topological polar surface area (TPSA) is 72.2 Å². The highest BCUT2D eigenvalue weighted by Crippen LogP contribution is 2.29. The van der Waals surface area contributed by atoms with Gasteiger partial charge in [0, 0.05) is 17.3 Å². The van der Waals surface area contributed by atoms with Crippen LogP contribution in [0.25, 0.3) is 0 Å². The summed E-state index contributed by atoms with van der Waals surface area (Å²) in [6.45, 7) is 3.60. The Morgan fingerprint density at radius 1 is 1.33 bits per heavy atom. The number of hydrogen-bond donors (Lipinski definition) is 2. The second kappa shape index (κ2) is 6.32. The quantitative estimate of drug-likeness (QED) is 0.839. The van der Waals surface area contributed by atoms with Crippen molar-refractivity contribution in [2.45, 2.75) is 56.9 Å². The van der Waals surface area contributed by atoms with Gasteiger partial charge in [0.05, 0.1) is 4.90 Å². The molecular formula is C15H23FN2O2S. The Labute approximate surface area is 126 Å². The molecule has 1 aliphatic carbocycles. The molecule has 3 N–H and O–H groups in total. The number of nitrogen functional groups attached to an aromatic ring is 1. The lowest BCUT2D eigenvalue weighted by atomic mass is 9.83. The summed E-state index contributed by atoms with van der Waals surface area (Å²) in [5.74, 6) is -0.243. The molecule has 4 nitrogen and oxygen atoms in total. The van der Waals surface area contributed by atoms with Crippen LogP contribution in [-0.2, 0) is 10.0 Å². The van der Waals surface area contributed by atoms with Gasteiger partial charge in [0.25, 0.3) is 0 Å². The van der Waals surface area contributed by atoms with Crippen LogP contribution in [0.3, 0.4) is 0 Å². The highest BCUT2D eigenvalue weighted by Gasteiger charge is 2.29. The number of hydrogen-bond acceptors (Lipinski definition) is 3. The van der Waals surface area contributed by atoms with Gasteiger partial charge in [-0.3, -0.25) is 0 Å². The van der Waals surface area contributed by atoms with E-state index in [0.29, 0.717) is 5.92 Å². The molecule has 1 aromatic carbocycles. The van der Waals surface area contributed by atoms with Crippen LogP contribution < -0.4 is 10.5 Å². The summed E-state index contributed by atoms with van der Waals surface area (Å²) in [4.78, 5) is -0.0940. The molecule has 118 valence electrons. The van der Waals surface area contributed by atoms with Gasteiger partial charge in [-0.05, 0) is 37.8 Å². The van der Waals surface area contributed by atoms with E-state index in [1.54, 1.807) is 0 Å². The lowest BCUT2D eigenvalue weighted by Gasteiger charge is -2.31. The summed E-state index contributed by atoms with van der Waals surface area (Å²) in [5.41, 5.74) is 6.11. The number of anilines is 1. The van der Waals surface area contributed by atoms with Crippen LogP contribution in [0.15, 0.2) is 17.0 Å². The monoisotopic (exact) mass is 314 g/mol. The number of sulfonamides is 1. The molecule has 1 aromatic rings. The third-order valence-electron chi connectivity index (χ3n) is 4.41. The van der Waals surface area contributed by atoms with Gasteiger partial charge in [-0.25, -0.2) is 17.5 Å². The number of rotatable bonds is 4. The normalized spacial score (nSPS) is 23.2. The molecule has 0 saturated heterocycles. The summed E-state index contributed by atoms with van der Waals surface area (Å²) >= 11 is 0. The van der Waals surface area contributed by atoms with Gasteiger partial charge in [-0.15, -0.1) is 0 Å². The van der Waals surface area contributed by atoms with Crippen molar-refractivity contribution in [3.63, 3.8) is 0 Å². The van der Waals surface area contributed by atoms with Crippen molar-refractivity contribution in [2.75, 3.05) is 5.73 Å². The number of benzene rings is 1. The minimum Gasteiger partial charge on any atom is -0.398 e. The van der Waals surface area contributed by atoms with Crippen molar-refractivity contribution in [3.05, 3.63) is 23.5 Å². The minimum atomic E-state index is -3.73. The van der Waals surface area contributed by atoms with Crippen LogP contribution in [0, 0.1) is 18.7 Å². The fourth-order valence-electron chi connectivity index (χ4n) is 2.95. The second-order valence-corrected chi connectivity index (χ2v) is 7.51. The highest BCUT2D eigenvalue weighted by molar-refractivity contribution is 7.89. The molecule has 0 radical (unpaired) electrons. The summed E-state index contributed by atoms with van der Waals surface area (Å²) < 4.78 is 41.3. The third-order valence-corrected chi connectivity index (χ3v) is 5.88. The zero-order valence-electron chi connectivity index (χ0n) is 12.5. The average molecular weight is 314 g/mol. The van der Waals surface area contributed by atoms with Gasteiger partial charge in [-0.1, -0.05) is 26.2 Å². The fraction of sp³-hybridized carbons (Fsp3) is 0.600. The second-order valence-electron chi connectivity index (χ2n) is 5.80. The fourth-order valence-corrected chi connectivity index (χ4v) is 4.33. The van der Waals surface area contributed by atoms with E-state index < -0.39 is 15.8 Å². The molecule has 0 amide bonds. The van der Waals surface area contributed by atoms with E-state index in [2.05, 4.69) is 11.6 Å². The Morgan fingerprint density at radius 3 is 2.62 bits per heavy atom. The molecule has 0 aliphatic heterocycles. The number of nitrogens with one attached hydrogen (secondary N) is 1. The van der Waals surface area contributed by atoms with Gasteiger partial charge < -0.3 is 5.73 Å². The van der Waals surface area contributed by atoms with Crippen LogP contribution in [0.2, 0.25) is 0 Å². The standard InChI is InChI=1S/C15H23FN2O2S/c1-3-11-6-4-5-7-15(11)18-21(19,20)12-8-13(16)10(2)14(17)9-12/h8-9,11,15,18H,3-7,17H2,1-2H3. The third kappa shape index (κ3) is 3.55. The van der Waals surface area contributed by atoms with Crippen LogP contribution in [-0.4, -0.2) is 14.5 Å². The van der Waals surface area contributed by atoms with Gasteiger partial charge in [0.2, 0.25) is 10.0 Å². The predicted octanol–water partition coefficient (Wildman–Crippen LogP) is 2.96. The molecule has 0 heterocycles. The Hall–Kier alpha value is -1.14. The Kier molecular flexibility index (Phi) is 4.88. The summed E-state index contributed by atoms with van der Waals surface area (Å²) in [5, 5.41) is 0. The molecular weight excluding hydrogens is 291 g/mol. The molecule has 1 aliphatic rings. The summed E-state index contributed by atoms with van der Waals surface area (Å²) in [6, 6.07) is 2.29. The van der Waals surface area contributed by atoms with E-state index in [1.807, 2.05) is 0 Å². The molecule has 21 heavy (non-hydrogen) atoms. The van der Waals surface area contributed by atoms with Gasteiger partial charge in [0.1, 0.15) is 5.82 Å². The Morgan fingerprint density at radius 2 is 2.00 bits per heavy atom. The van der Waals surface area contributed by atoms with Crippen LogP contribution in [0.5, 0.6) is 0 Å². The molecule has 1 fully saturated rings. The highest BCUT2D eigenvalue weighted by atomic mass is 32.2. The maximum atomic E-state index is 13.7. The first-order chi connectivity index (χ1) is 9.85. The SMILES string of the molecule is CCC1CCCCC1NS(=O)(=O)c1cc(N)c(C)c(F)c1. The maximum absolute atomic E-state index is 13.7. The predicted molar refractivity (Wildman–Crippen MR) is 81.9 cm³/mol. The first kappa shape index (κ1) is 16.2. The van der Waals surface area contributed by atoms with Crippen molar-refractivity contribution in [1.29, 1.82) is 0 Å². The van der Waals surface area contributed by atoms with E-state index in [-0.39, 0.29) is 22.2 Å². The smallest absolute Gasteiger partial charge is 0.241 e. The Balaban J connectivity index is 2.26. The molecule has 2 atom stereocenters. The van der Waals surface area contributed by atoms with E-state index in [0.717, 1.165) is 38.2 Å². The van der Waals surface area contributed by atoms with Crippen molar-refractivity contribution >= 4 is 15.7 Å². The lowest BCUT2D eigenvalue weighted by molar-refractivity contribution is 0.282. The molecule has 2 rings (SSSR count). The summed E-state index contributed by atoms with van der Waals surface area (Å²) in [7, 11) is -3.73. The van der Waals surface area contributed by atoms with Crippen LogP contribution in [0.4, 0.5) is 10.1 Å². The first-order valence-corrected chi connectivity index (χ1v) is 8.91. The first-order valence-electron chi connectivity index (χ1n) is 7.43. The van der Waals surface area contributed by atoms with Gasteiger partial charge in [-0.2, -0.15) is 0 Å². The van der Waals surface area contributed by atoms with E-state index in [1.165, 1.54) is 13.0 Å². The maximum Gasteiger partial charge on any atom is 0.241 e. The van der Waals surface area contributed by atoms with Crippen LogP contribution in [0.1, 0.15) is 44.6 Å². The molecule has 1 saturated carbocycles. The van der Waals surface area contributed by atoms with Crippen molar-refractivity contribution in [3.8, 4) is 0 Å². The average Bonchev–Trinajstić information content (AvgIpc) is 2.44. The van der Waals surface area contributed by atoms with E-state index in [9.17, 15) is 12.8 Å². The Bertz CT molecular complexity index is 593. The van der Waals surface area contributed by atoms with Gasteiger partial charge in [0.15, 0.2) is 0 Å². The summed E-state index contributed by atoms with van der Waals surface area (Å²) in [6.07, 6.45) is 4.98. The number of nitrogens with two attached hydrogens (primary N) is 1. The van der Waals surface area contributed by atoms with Crippen molar-refractivity contribution in [1.82, 2.24) is 4.72 Å². The van der Waals surface area contributed by atoms with Crippen molar-refractivity contribution < 1.29 is 12.8 Å². The molecule has 0 aromatic heterocycles. The molecule has 0 spiro atoms. The molecule has 0 bridgehead atoms. The van der Waals surface area contributed by atoms with E-state index in [4.69, 9.17) is 5.73 Å². The molecule has 2 unspecified atom stereocenters. The minimum absolute atomic E-state index is 0.0701. The lowest BCUT2D eigenvalue weighted by Crippen LogP contribution is -2.41. The number of halogens is 1. The zero-order valence-corrected chi connectivity index (χ0v) is 13.3.